The van der Waals surface area contributed by atoms with Gasteiger partial charge in [0.05, 0.1) is 11.9 Å². The van der Waals surface area contributed by atoms with E-state index in [0.717, 1.165) is 10.6 Å². The van der Waals surface area contributed by atoms with Crippen LogP contribution >= 0.6 is 39.1 Å². The van der Waals surface area contributed by atoms with Crippen molar-refractivity contribution in [3.63, 3.8) is 0 Å². The molecule has 1 atom stereocenters. The fourth-order valence-corrected chi connectivity index (χ4v) is 5.40. The lowest BCUT2D eigenvalue weighted by molar-refractivity contribution is -0.140. The summed E-state index contributed by atoms with van der Waals surface area (Å²) in [5.74, 6) is -0.913. The monoisotopic (exact) mass is 591 g/mol. The molecule has 1 unspecified atom stereocenters. The molecule has 0 radical (unpaired) electrons. The first-order valence-electron chi connectivity index (χ1n) is 10.6. The van der Waals surface area contributed by atoms with Crippen LogP contribution in [0.5, 0.6) is 0 Å². The van der Waals surface area contributed by atoms with Crippen molar-refractivity contribution >= 4 is 66.7 Å². The van der Waals surface area contributed by atoms with E-state index in [4.69, 9.17) is 23.2 Å². The summed E-state index contributed by atoms with van der Waals surface area (Å²) in [6.45, 7) is 4.85. The topological polar surface area (TPSA) is 86.8 Å². The van der Waals surface area contributed by atoms with Crippen LogP contribution in [-0.2, 0) is 26.2 Å². The predicted molar refractivity (Wildman–Crippen MR) is 141 cm³/mol. The maximum atomic E-state index is 13.6. The number of hydrogen-bond acceptors (Lipinski definition) is 4. The molecule has 0 fully saturated rings. The van der Waals surface area contributed by atoms with E-state index in [1.54, 1.807) is 49.4 Å². The van der Waals surface area contributed by atoms with Gasteiger partial charge in [-0.2, -0.15) is 0 Å². The van der Waals surface area contributed by atoms with Gasteiger partial charge in [0.15, 0.2) is 0 Å². The molecule has 0 spiro atoms. The van der Waals surface area contributed by atoms with Crippen molar-refractivity contribution in [1.82, 2.24) is 10.2 Å². The van der Waals surface area contributed by atoms with Gasteiger partial charge in [-0.15, -0.1) is 0 Å². The number of nitrogens with one attached hydrogen (secondary N) is 1. The van der Waals surface area contributed by atoms with Gasteiger partial charge in [0.1, 0.15) is 12.6 Å². The molecule has 2 aromatic rings. The molecule has 0 saturated carbocycles. The molecule has 0 aliphatic heterocycles. The summed E-state index contributed by atoms with van der Waals surface area (Å²) in [6.07, 6.45) is 1.33. The number of hydrogen-bond donors (Lipinski definition) is 1. The average Bonchev–Trinajstić information content (AvgIpc) is 2.73. The molecule has 0 aliphatic carbocycles. The maximum Gasteiger partial charge on any atom is 0.244 e. The summed E-state index contributed by atoms with van der Waals surface area (Å²) in [7, 11) is -3.83. The number of nitrogens with zero attached hydrogens (tertiary/aromatic N) is 2. The number of halogens is 3. The fraction of sp³-hybridized carbons (Fsp3) is 0.391. The number of carbonyl (C=O) groups excluding carboxylic acids is 2. The van der Waals surface area contributed by atoms with Crippen LogP contribution in [0.2, 0.25) is 10.0 Å². The van der Waals surface area contributed by atoms with Crippen molar-refractivity contribution in [2.75, 3.05) is 17.1 Å². The summed E-state index contributed by atoms with van der Waals surface area (Å²) in [6, 6.07) is 10.7. The van der Waals surface area contributed by atoms with Crippen molar-refractivity contribution in [1.29, 1.82) is 0 Å². The summed E-state index contributed by atoms with van der Waals surface area (Å²) >= 11 is 16.1. The third-order valence-electron chi connectivity index (χ3n) is 5.01. The first-order chi connectivity index (χ1) is 15.9. The maximum absolute atomic E-state index is 13.6. The van der Waals surface area contributed by atoms with Gasteiger partial charge >= 0.3 is 0 Å². The molecular formula is C23H28BrCl2N3O4S. The molecule has 2 rings (SSSR count). The number of sulfonamides is 1. The molecule has 2 amide bonds. The molecule has 0 saturated heterocycles. The van der Waals surface area contributed by atoms with Gasteiger partial charge < -0.3 is 10.2 Å². The second kappa shape index (κ2) is 12.2. The van der Waals surface area contributed by atoms with Gasteiger partial charge in [-0.05, 0) is 60.5 Å². The minimum Gasteiger partial charge on any atom is -0.352 e. The Morgan fingerprint density at radius 2 is 1.65 bits per heavy atom. The molecule has 0 aromatic heterocycles. The van der Waals surface area contributed by atoms with E-state index in [1.165, 1.54) is 4.90 Å². The van der Waals surface area contributed by atoms with Gasteiger partial charge in [-0.1, -0.05) is 48.3 Å². The Morgan fingerprint density at radius 1 is 1.06 bits per heavy atom. The van der Waals surface area contributed by atoms with E-state index < -0.39 is 28.5 Å². The van der Waals surface area contributed by atoms with Crippen LogP contribution in [0.3, 0.4) is 0 Å². The Hall–Kier alpha value is -1.81. The highest BCUT2D eigenvalue weighted by Crippen LogP contribution is 2.30. The molecule has 7 nitrogen and oxygen atoms in total. The first-order valence-corrected chi connectivity index (χ1v) is 14.0. The fourth-order valence-electron chi connectivity index (χ4n) is 3.40. The molecule has 0 heterocycles. The Labute approximate surface area is 219 Å². The summed E-state index contributed by atoms with van der Waals surface area (Å²) in [5, 5.41) is 3.52. The number of amides is 2. The Kier molecular flexibility index (Phi) is 10.2. The Bertz CT molecular complexity index is 1120. The average molecular weight is 593 g/mol. The first kappa shape index (κ1) is 28.4. The van der Waals surface area contributed by atoms with Crippen LogP contribution in [0.25, 0.3) is 0 Å². The molecule has 0 aliphatic rings. The molecule has 11 heteroatoms. The Morgan fingerprint density at radius 3 is 2.15 bits per heavy atom. The molecule has 1 N–H and O–H groups in total. The van der Waals surface area contributed by atoms with Gasteiger partial charge in [0.2, 0.25) is 21.8 Å². The van der Waals surface area contributed by atoms with Crippen molar-refractivity contribution in [3.05, 3.63) is 62.5 Å². The zero-order valence-electron chi connectivity index (χ0n) is 19.4. The molecule has 34 heavy (non-hydrogen) atoms. The van der Waals surface area contributed by atoms with Crippen molar-refractivity contribution in [2.45, 2.75) is 45.8 Å². The second-order valence-electron chi connectivity index (χ2n) is 8.03. The highest BCUT2D eigenvalue weighted by molar-refractivity contribution is 9.10. The molecule has 186 valence electrons. The van der Waals surface area contributed by atoms with Crippen molar-refractivity contribution in [2.24, 2.45) is 0 Å². The number of para-hydroxylation sites is 1. The van der Waals surface area contributed by atoms with Crippen LogP contribution in [0.15, 0.2) is 46.9 Å². The third-order valence-corrected chi connectivity index (χ3v) is 7.51. The zero-order valence-corrected chi connectivity index (χ0v) is 23.3. The van der Waals surface area contributed by atoms with Crippen LogP contribution in [-0.4, -0.2) is 50.0 Å². The standard InChI is InChI=1S/C23H28BrCl2N3O4S/c1-5-20(23(31)27-15(2)3)28(13-16-18(25)10-8-11-19(16)26)22(30)14-29(34(4,32)33)21-12-7-6-9-17(21)24/h6-12,15,20H,5,13-14H2,1-4H3,(H,27,31). The summed E-state index contributed by atoms with van der Waals surface area (Å²) in [4.78, 5) is 28.0. The molecule has 2 aromatic carbocycles. The van der Waals surface area contributed by atoms with Crippen LogP contribution in [0.1, 0.15) is 32.8 Å². The lowest BCUT2D eigenvalue weighted by Crippen LogP contribution is -2.53. The van der Waals surface area contributed by atoms with Gasteiger partial charge in [-0.3, -0.25) is 13.9 Å². The lowest BCUT2D eigenvalue weighted by atomic mass is 10.1. The Balaban J connectivity index is 2.52. The van der Waals surface area contributed by atoms with Crippen molar-refractivity contribution in [3.8, 4) is 0 Å². The number of anilines is 1. The number of rotatable bonds is 10. The van der Waals surface area contributed by atoms with Crippen LogP contribution in [0, 0.1) is 0 Å². The largest absolute Gasteiger partial charge is 0.352 e. The van der Waals surface area contributed by atoms with E-state index in [2.05, 4.69) is 21.2 Å². The summed E-state index contributed by atoms with van der Waals surface area (Å²) in [5.41, 5.74) is 0.788. The van der Waals surface area contributed by atoms with E-state index in [9.17, 15) is 18.0 Å². The number of carbonyl (C=O) groups is 2. The van der Waals surface area contributed by atoms with E-state index in [1.807, 2.05) is 13.8 Å². The highest BCUT2D eigenvalue weighted by atomic mass is 79.9. The van der Waals surface area contributed by atoms with Crippen molar-refractivity contribution < 1.29 is 18.0 Å². The van der Waals surface area contributed by atoms with Crippen LogP contribution < -0.4 is 9.62 Å². The van der Waals surface area contributed by atoms with Gasteiger partial charge in [0, 0.05) is 32.7 Å². The van der Waals surface area contributed by atoms with E-state index in [-0.39, 0.29) is 18.5 Å². The zero-order chi connectivity index (χ0) is 25.6. The second-order valence-corrected chi connectivity index (χ2v) is 11.6. The highest BCUT2D eigenvalue weighted by Gasteiger charge is 2.33. The third kappa shape index (κ3) is 7.34. The summed E-state index contributed by atoms with van der Waals surface area (Å²) < 4.78 is 26.8. The predicted octanol–water partition coefficient (Wildman–Crippen LogP) is 4.85. The quantitative estimate of drug-likeness (QED) is 0.427. The normalized spacial score (nSPS) is 12.4. The SMILES string of the molecule is CCC(C(=O)NC(C)C)N(Cc1c(Cl)cccc1Cl)C(=O)CN(c1ccccc1Br)S(C)(=O)=O. The van der Waals surface area contributed by atoms with E-state index >= 15 is 0 Å². The van der Waals surface area contributed by atoms with Gasteiger partial charge in [-0.25, -0.2) is 8.42 Å². The molecule has 0 bridgehead atoms. The minimum atomic E-state index is -3.83. The molecular weight excluding hydrogens is 565 g/mol. The van der Waals surface area contributed by atoms with Crippen LogP contribution in [0.4, 0.5) is 5.69 Å². The van der Waals surface area contributed by atoms with E-state index in [0.29, 0.717) is 32.2 Å². The smallest absolute Gasteiger partial charge is 0.244 e. The lowest BCUT2D eigenvalue weighted by Gasteiger charge is -2.33. The van der Waals surface area contributed by atoms with Gasteiger partial charge in [0.25, 0.3) is 0 Å². The minimum absolute atomic E-state index is 0.0606. The number of benzene rings is 2.